The van der Waals surface area contributed by atoms with Gasteiger partial charge in [0.05, 0.1) is 25.3 Å². The van der Waals surface area contributed by atoms with Crippen LogP contribution in [-0.2, 0) is 32.0 Å². The summed E-state index contributed by atoms with van der Waals surface area (Å²) in [6.45, 7) is 4.17. The van der Waals surface area contributed by atoms with Gasteiger partial charge in [0.15, 0.2) is 0 Å². The van der Waals surface area contributed by atoms with Crippen molar-refractivity contribution >= 4 is 29.5 Å². The van der Waals surface area contributed by atoms with Gasteiger partial charge in [-0.25, -0.2) is 0 Å². The number of carbonyl (C=O) groups excluding carboxylic acids is 5. The van der Waals surface area contributed by atoms with Gasteiger partial charge in [0.1, 0.15) is 30.2 Å². The number of hydrogen-bond donors (Lipinski definition) is 4. The van der Waals surface area contributed by atoms with E-state index in [1.165, 1.54) is 11.9 Å². The number of fused-ring (bicyclic) bond motifs is 1. The zero-order chi connectivity index (χ0) is 36.8. The van der Waals surface area contributed by atoms with Crippen molar-refractivity contribution in [3.05, 3.63) is 95.6 Å². The fourth-order valence-electron chi connectivity index (χ4n) is 5.92. The molecule has 12 heteroatoms. The molecule has 5 amide bonds. The monoisotopic (exact) mass is 699 g/mol. The minimum Gasteiger partial charge on any atom is -0.497 e. The highest BCUT2D eigenvalue weighted by atomic mass is 16.5. The molecule has 3 aromatic carbocycles. The molecule has 1 heterocycles. The molecule has 0 bridgehead atoms. The molecule has 272 valence electrons. The minimum atomic E-state index is -1.07. The molecular formula is C39H49N5O7. The van der Waals surface area contributed by atoms with Crippen LogP contribution < -0.4 is 30.7 Å². The molecule has 1 aliphatic rings. The van der Waals surface area contributed by atoms with E-state index in [2.05, 4.69) is 21.3 Å². The number of nitrogens with one attached hydrogen (secondary N) is 4. The highest BCUT2D eigenvalue weighted by Crippen LogP contribution is 2.20. The lowest BCUT2D eigenvalue weighted by atomic mass is 10.0. The predicted octanol–water partition coefficient (Wildman–Crippen LogP) is 3.04. The van der Waals surface area contributed by atoms with Crippen molar-refractivity contribution in [1.29, 1.82) is 0 Å². The third kappa shape index (κ3) is 12.2. The van der Waals surface area contributed by atoms with Crippen LogP contribution in [0.4, 0.5) is 0 Å². The van der Waals surface area contributed by atoms with Crippen LogP contribution in [0.3, 0.4) is 0 Å². The Morgan fingerprint density at radius 3 is 2.39 bits per heavy atom. The molecule has 0 fully saturated rings. The molecule has 1 aliphatic heterocycles. The maximum atomic E-state index is 13.7. The smallest absolute Gasteiger partial charge is 0.255 e. The van der Waals surface area contributed by atoms with Gasteiger partial charge in [-0.05, 0) is 60.6 Å². The molecule has 0 radical (unpaired) electrons. The average Bonchev–Trinajstić information content (AvgIpc) is 3.11. The van der Waals surface area contributed by atoms with Crippen LogP contribution in [0.5, 0.6) is 11.5 Å². The Bertz CT molecular complexity index is 1650. The summed E-state index contributed by atoms with van der Waals surface area (Å²) < 4.78 is 11.4. The number of nitrogens with zero attached hydrogens (tertiary/aromatic N) is 1. The van der Waals surface area contributed by atoms with Crippen molar-refractivity contribution in [3.8, 4) is 11.5 Å². The maximum absolute atomic E-state index is 13.7. The van der Waals surface area contributed by atoms with Crippen LogP contribution in [0.1, 0.15) is 54.6 Å². The number of benzene rings is 3. The Hall–Kier alpha value is -5.39. The summed E-state index contributed by atoms with van der Waals surface area (Å²) in [7, 11) is 3.11. The molecule has 4 N–H and O–H groups in total. The first-order valence-corrected chi connectivity index (χ1v) is 17.3. The lowest BCUT2D eigenvalue weighted by Crippen LogP contribution is -2.52. The number of carbonyl (C=O) groups is 5. The fourth-order valence-corrected chi connectivity index (χ4v) is 5.92. The van der Waals surface area contributed by atoms with Crippen LogP contribution in [-0.4, -0.2) is 86.4 Å². The van der Waals surface area contributed by atoms with Gasteiger partial charge in [0, 0.05) is 26.4 Å². The summed E-state index contributed by atoms with van der Waals surface area (Å²) in [5.41, 5.74) is 1.99. The molecule has 0 saturated heterocycles. The number of amides is 5. The quantitative estimate of drug-likeness (QED) is 0.268. The second kappa shape index (κ2) is 19.1. The van der Waals surface area contributed by atoms with Crippen molar-refractivity contribution < 1.29 is 33.4 Å². The van der Waals surface area contributed by atoms with E-state index >= 15 is 0 Å². The Kier molecular flexibility index (Phi) is 14.4. The Morgan fingerprint density at radius 2 is 1.65 bits per heavy atom. The molecule has 0 aromatic heterocycles. The fraction of sp³-hybridized carbons (Fsp3) is 0.410. The average molecular weight is 700 g/mol. The van der Waals surface area contributed by atoms with E-state index in [1.54, 1.807) is 31.4 Å². The van der Waals surface area contributed by atoms with Crippen molar-refractivity contribution in [2.24, 2.45) is 5.92 Å². The summed E-state index contributed by atoms with van der Waals surface area (Å²) in [6, 6.07) is 21.0. The number of hydrogen-bond acceptors (Lipinski definition) is 7. The third-order valence-corrected chi connectivity index (χ3v) is 8.49. The first kappa shape index (κ1) is 38.4. The molecule has 0 spiro atoms. The van der Waals surface area contributed by atoms with Crippen LogP contribution >= 0.6 is 0 Å². The lowest BCUT2D eigenvalue weighted by Gasteiger charge is -2.27. The topological polar surface area (TPSA) is 155 Å². The van der Waals surface area contributed by atoms with E-state index in [4.69, 9.17) is 9.47 Å². The van der Waals surface area contributed by atoms with Gasteiger partial charge in [-0.3, -0.25) is 24.0 Å². The van der Waals surface area contributed by atoms with Gasteiger partial charge in [-0.15, -0.1) is 0 Å². The van der Waals surface area contributed by atoms with E-state index < -0.39 is 41.8 Å². The van der Waals surface area contributed by atoms with Gasteiger partial charge in [0.2, 0.25) is 23.6 Å². The first-order chi connectivity index (χ1) is 24.5. The van der Waals surface area contributed by atoms with Crippen LogP contribution in [0.15, 0.2) is 78.9 Å². The largest absolute Gasteiger partial charge is 0.497 e. The van der Waals surface area contributed by atoms with Crippen LogP contribution in [0.2, 0.25) is 0 Å². The number of likely N-dealkylation sites (N-methyl/N-ethyl adjacent to an activating group) is 1. The van der Waals surface area contributed by atoms with Gasteiger partial charge in [-0.1, -0.05) is 68.4 Å². The summed E-state index contributed by atoms with van der Waals surface area (Å²) in [5.74, 6) is -1.10. The van der Waals surface area contributed by atoms with Crippen molar-refractivity contribution in [2.75, 3.05) is 33.9 Å². The van der Waals surface area contributed by atoms with Gasteiger partial charge >= 0.3 is 0 Å². The van der Waals surface area contributed by atoms with Gasteiger partial charge in [-0.2, -0.15) is 0 Å². The molecule has 12 nitrogen and oxygen atoms in total. The predicted molar refractivity (Wildman–Crippen MR) is 193 cm³/mol. The van der Waals surface area contributed by atoms with Crippen molar-refractivity contribution in [3.63, 3.8) is 0 Å². The van der Waals surface area contributed by atoms with E-state index in [-0.39, 0.29) is 62.1 Å². The van der Waals surface area contributed by atoms with E-state index in [1.807, 2.05) is 68.4 Å². The van der Waals surface area contributed by atoms with Crippen molar-refractivity contribution in [1.82, 2.24) is 26.2 Å². The Labute approximate surface area is 299 Å². The molecular weight excluding hydrogens is 650 g/mol. The number of para-hydroxylation sites is 1. The maximum Gasteiger partial charge on any atom is 0.255 e. The first-order valence-electron chi connectivity index (χ1n) is 17.3. The van der Waals surface area contributed by atoms with E-state index in [9.17, 15) is 24.0 Å². The van der Waals surface area contributed by atoms with E-state index in [0.717, 1.165) is 11.1 Å². The summed E-state index contributed by atoms with van der Waals surface area (Å²) in [5, 5.41) is 11.5. The normalized spacial score (nSPS) is 19.4. The summed E-state index contributed by atoms with van der Waals surface area (Å²) >= 11 is 0. The number of ether oxygens (including phenoxy) is 2. The molecule has 3 atom stereocenters. The standard InChI is InChI=1S/C39H49N5O7/c1-26(2)21-29-25-51-34-16-9-8-15-31(34)37(47)43-32(38(48)40-20-19-28-13-10-14-30(22-28)50-4)17-18-35(45)42-33(23-27-11-6-5-7-12-27)39(49)44(3)24-36(46)41-29/h5-16,22,26,29,32-33H,17-21,23-25H2,1-4H3,(H,40,48)(H,41,46)(H,42,45)(H,43,47)/t29-,32-,33-/m0/s1. The number of rotatable bonds is 9. The minimum absolute atomic E-state index is 0.0352. The van der Waals surface area contributed by atoms with Crippen molar-refractivity contribution in [2.45, 2.75) is 64.1 Å². The molecule has 51 heavy (non-hydrogen) atoms. The zero-order valence-electron chi connectivity index (χ0n) is 29.8. The molecule has 0 aliphatic carbocycles. The van der Waals surface area contributed by atoms with Crippen LogP contribution in [0, 0.1) is 5.92 Å². The second-order valence-electron chi connectivity index (χ2n) is 13.2. The summed E-state index contributed by atoms with van der Waals surface area (Å²) in [4.78, 5) is 68.9. The molecule has 0 saturated carbocycles. The second-order valence-corrected chi connectivity index (χ2v) is 13.2. The Morgan fingerprint density at radius 1 is 0.922 bits per heavy atom. The Balaban J connectivity index is 1.60. The SMILES string of the molecule is COc1cccc(CCNC(=O)[C@@H]2CCC(=O)N[C@@H](Cc3ccccc3)C(=O)N(C)CC(=O)N[C@@H](CC(C)C)COc3ccccc3C(=O)N2)c1. The number of methoxy groups -OCH3 is 1. The zero-order valence-corrected chi connectivity index (χ0v) is 29.8. The highest BCUT2D eigenvalue weighted by molar-refractivity contribution is 6.00. The van der Waals surface area contributed by atoms with Crippen LogP contribution in [0.25, 0.3) is 0 Å². The van der Waals surface area contributed by atoms with Gasteiger partial charge < -0.3 is 35.6 Å². The van der Waals surface area contributed by atoms with Gasteiger partial charge in [0.25, 0.3) is 5.91 Å². The third-order valence-electron chi connectivity index (χ3n) is 8.49. The highest BCUT2D eigenvalue weighted by Gasteiger charge is 2.29. The van der Waals surface area contributed by atoms with E-state index in [0.29, 0.717) is 18.6 Å². The molecule has 0 unspecified atom stereocenters. The lowest BCUT2D eigenvalue weighted by molar-refractivity contribution is -0.138. The summed E-state index contributed by atoms with van der Waals surface area (Å²) in [6.07, 6.45) is 1.11. The molecule has 3 aromatic rings. The molecule has 4 rings (SSSR count).